The van der Waals surface area contributed by atoms with Crippen molar-refractivity contribution >= 4 is 27.6 Å². The molecule has 6 heteroatoms. The molecule has 29 heavy (non-hydrogen) atoms. The Kier molecular flexibility index (Phi) is 4.70. The van der Waals surface area contributed by atoms with E-state index in [9.17, 15) is 0 Å². The van der Waals surface area contributed by atoms with Crippen LogP contribution >= 0.6 is 0 Å². The average Bonchev–Trinajstić information content (AvgIpc) is 3.44. The van der Waals surface area contributed by atoms with Gasteiger partial charge < -0.3 is 5.32 Å². The molecule has 1 aromatic carbocycles. The highest BCUT2D eigenvalue weighted by Gasteiger charge is 2.24. The van der Waals surface area contributed by atoms with Gasteiger partial charge in [0, 0.05) is 24.3 Å². The molecule has 5 rings (SSSR count). The van der Waals surface area contributed by atoms with E-state index in [1.165, 1.54) is 32.1 Å². The molecule has 1 aliphatic carbocycles. The zero-order valence-electron chi connectivity index (χ0n) is 17.2. The van der Waals surface area contributed by atoms with Gasteiger partial charge in [0.15, 0.2) is 5.65 Å². The first-order chi connectivity index (χ1) is 14.3. The zero-order chi connectivity index (χ0) is 19.8. The van der Waals surface area contributed by atoms with Crippen LogP contribution in [0.3, 0.4) is 0 Å². The van der Waals surface area contributed by atoms with Crippen LogP contribution in [-0.4, -0.2) is 31.1 Å². The number of fused-ring (bicyclic) bond motifs is 2. The van der Waals surface area contributed by atoms with Crippen molar-refractivity contribution in [2.75, 3.05) is 11.9 Å². The van der Waals surface area contributed by atoms with E-state index in [-0.39, 0.29) is 0 Å². The number of pyridine rings is 1. The van der Waals surface area contributed by atoms with Crippen LogP contribution < -0.4 is 5.32 Å². The largest absolute Gasteiger partial charge is 0.384 e. The molecule has 0 saturated heterocycles. The highest BCUT2D eigenvalue weighted by atomic mass is 15.3. The Labute approximate surface area is 170 Å². The Morgan fingerprint density at radius 3 is 2.76 bits per heavy atom. The average molecular weight is 389 g/mol. The van der Waals surface area contributed by atoms with E-state index in [1.54, 1.807) is 6.20 Å². The van der Waals surface area contributed by atoms with E-state index in [4.69, 9.17) is 10.1 Å². The van der Waals surface area contributed by atoms with Crippen LogP contribution in [-0.2, 0) is 0 Å². The van der Waals surface area contributed by atoms with Gasteiger partial charge in [0.2, 0.25) is 0 Å². The molecule has 1 saturated carbocycles. The molecule has 0 aliphatic heterocycles. The van der Waals surface area contributed by atoms with E-state index in [1.807, 2.05) is 23.1 Å². The van der Waals surface area contributed by atoms with Gasteiger partial charge in [-0.25, -0.2) is 14.3 Å². The zero-order valence-corrected chi connectivity index (χ0v) is 17.2. The van der Waals surface area contributed by atoms with Crippen LogP contribution in [0.5, 0.6) is 0 Å². The molecule has 1 N–H and O–H groups in total. The van der Waals surface area contributed by atoms with Gasteiger partial charge in [-0.15, -0.1) is 0 Å². The first-order valence-electron chi connectivity index (χ1n) is 10.8. The third-order valence-electron chi connectivity index (χ3n) is 6.35. The van der Waals surface area contributed by atoms with Crippen molar-refractivity contribution in [2.24, 2.45) is 5.92 Å². The number of nitrogens with one attached hydrogen (secondary N) is 1. The SMILES string of the molecule is CCNc1c2cc(-n3cccn3)ccc2nc2c1cnn2[C@@H](C)C1CCCCC1. The summed E-state index contributed by atoms with van der Waals surface area (Å²) in [4.78, 5) is 5.05. The van der Waals surface area contributed by atoms with Crippen molar-refractivity contribution < 1.29 is 0 Å². The summed E-state index contributed by atoms with van der Waals surface area (Å²) in [5, 5.41) is 15.0. The standard InChI is InChI=1S/C23H28N6/c1-3-24-22-19-14-18(28-13-7-12-25-28)10-11-21(19)27-23-20(22)15-26-29(23)16(2)17-8-5-4-6-9-17/h7,10-17H,3-6,8-9H2,1-2H3,(H,24,27)/t16-/m0/s1. The van der Waals surface area contributed by atoms with Gasteiger partial charge in [0.25, 0.3) is 0 Å². The topological polar surface area (TPSA) is 60.6 Å². The Morgan fingerprint density at radius 2 is 2.00 bits per heavy atom. The molecule has 0 amide bonds. The molecule has 3 heterocycles. The smallest absolute Gasteiger partial charge is 0.160 e. The summed E-state index contributed by atoms with van der Waals surface area (Å²) < 4.78 is 4.04. The number of nitrogens with zero attached hydrogens (tertiary/aromatic N) is 5. The fourth-order valence-electron chi connectivity index (χ4n) is 4.77. The third-order valence-corrected chi connectivity index (χ3v) is 6.35. The molecule has 6 nitrogen and oxygen atoms in total. The molecular formula is C23H28N6. The van der Waals surface area contributed by atoms with E-state index in [2.05, 4.69) is 47.1 Å². The van der Waals surface area contributed by atoms with Gasteiger partial charge in [0.05, 0.1) is 34.5 Å². The Hall–Kier alpha value is -2.89. The maximum atomic E-state index is 5.05. The quantitative estimate of drug-likeness (QED) is 0.501. The van der Waals surface area contributed by atoms with Crippen molar-refractivity contribution in [1.29, 1.82) is 0 Å². The second kappa shape index (κ2) is 7.50. The van der Waals surface area contributed by atoms with Gasteiger partial charge >= 0.3 is 0 Å². The third kappa shape index (κ3) is 3.16. The van der Waals surface area contributed by atoms with Crippen LogP contribution in [0.25, 0.3) is 27.6 Å². The van der Waals surface area contributed by atoms with Crippen molar-refractivity contribution in [1.82, 2.24) is 24.5 Å². The van der Waals surface area contributed by atoms with Crippen LogP contribution in [0.15, 0.2) is 42.9 Å². The van der Waals surface area contributed by atoms with Crippen molar-refractivity contribution in [3.63, 3.8) is 0 Å². The van der Waals surface area contributed by atoms with E-state index in [0.717, 1.165) is 39.9 Å². The second-order valence-corrected chi connectivity index (χ2v) is 8.13. The maximum Gasteiger partial charge on any atom is 0.160 e. The summed E-state index contributed by atoms with van der Waals surface area (Å²) in [5.41, 5.74) is 4.12. The second-order valence-electron chi connectivity index (χ2n) is 8.13. The van der Waals surface area contributed by atoms with E-state index >= 15 is 0 Å². The first kappa shape index (κ1) is 18.2. The number of hydrogen-bond donors (Lipinski definition) is 1. The minimum absolute atomic E-state index is 0.371. The van der Waals surface area contributed by atoms with Gasteiger partial charge in [-0.3, -0.25) is 0 Å². The summed E-state index contributed by atoms with van der Waals surface area (Å²) in [6.45, 7) is 5.29. The summed E-state index contributed by atoms with van der Waals surface area (Å²) in [5.74, 6) is 0.689. The molecule has 0 spiro atoms. The minimum Gasteiger partial charge on any atom is -0.384 e. The molecule has 0 bridgehead atoms. The summed E-state index contributed by atoms with van der Waals surface area (Å²) in [6, 6.07) is 8.64. The lowest BCUT2D eigenvalue weighted by atomic mass is 9.84. The fourth-order valence-corrected chi connectivity index (χ4v) is 4.77. The maximum absolute atomic E-state index is 5.05. The number of rotatable bonds is 5. The van der Waals surface area contributed by atoms with Crippen molar-refractivity contribution in [3.8, 4) is 5.69 Å². The summed E-state index contributed by atoms with van der Waals surface area (Å²) in [7, 11) is 0. The van der Waals surface area contributed by atoms with Gasteiger partial charge in [-0.05, 0) is 56.9 Å². The van der Waals surface area contributed by atoms with Crippen LogP contribution in [0.4, 0.5) is 5.69 Å². The predicted octanol–water partition coefficient (Wildman–Crippen LogP) is 5.34. The number of hydrogen-bond acceptors (Lipinski definition) is 4. The van der Waals surface area contributed by atoms with Gasteiger partial charge in [0.1, 0.15) is 0 Å². The minimum atomic E-state index is 0.371. The number of aromatic nitrogens is 5. The highest BCUT2D eigenvalue weighted by Crippen LogP contribution is 2.37. The molecule has 1 atom stereocenters. The molecule has 1 fully saturated rings. The molecule has 0 unspecified atom stereocenters. The molecule has 1 aliphatic rings. The van der Waals surface area contributed by atoms with E-state index < -0.39 is 0 Å². The van der Waals surface area contributed by atoms with Gasteiger partial charge in [-0.2, -0.15) is 10.2 Å². The molecular weight excluding hydrogens is 360 g/mol. The Morgan fingerprint density at radius 1 is 1.14 bits per heavy atom. The molecule has 150 valence electrons. The monoisotopic (exact) mass is 388 g/mol. The lowest BCUT2D eigenvalue weighted by Gasteiger charge is -2.28. The van der Waals surface area contributed by atoms with Crippen LogP contribution in [0, 0.1) is 5.92 Å². The normalized spacial score (nSPS) is 16.5. The molecule has 4 aromatic rings. The molecule has 3 aromatic heterocycles. The summed E-state index contributed by atoms with van der Waals surface area (Å²) in [6.07, 6.45) is 12.4. The van der Waals surface area contributed by atoms with Crippen LogP contribution in [0.2, 0.25) is 0 Å². The number of anilines is 1. The van der Waals surface area contributed by atoms with Gasteiger partial charge in [-0.1, -0.05) is 19.3 Å². The Bertz CT molecular complexity index is 1120. The highest BCUT2D eigenvalue weighted by molar-refractivity contribution is 6.07. The predicted molar refractivity (Wildman–Crippen MR) is 118 cm³/mol. The summed E-state index contributed by atoms with van der Waals surface area (Å²) >= 11 is 0. The molecule has 0 radical (unpaired) electrons. The van der Waals surface area contributed by atoms with Crippen molar-refractivity contribution in [3.05, 3.63) is 42.9 Å². The van der Waals surface area contributed by atoms with Crippen LogP contribution in [0.1, 0.15) is 52.0 Å². The lowest BCUT2D eigenvalue weighted by molar-refractivity contribution is 0.254. The fraction of sp³-hybridized carbons (Fsp3) is 0.435. The number of benzene rings is 1. The van der Waals surface area contributed by atoms with E-state index in [0.29, 0.717) is 12.0 Å². The lowest BCUT2D eigenvalue weighted by Crippen LogP contribution is -2.20. The Balaban J connectivity index is 1.66. The van der Waals surface area contributed by atoms with Crippen molar-refractivity contribution in [2.45, 2.75) is 52.0 Å². The first-order valence-corrected chi connectivity index (χ1v) is 10.8.